The minimum atomic E-state index is -0.682. The zero-order valence-corrected chi connectivity index (χ0v) is 19.4. The molecule has 2 aromatic rings. The molecule has 0 spiro atoms. The number of ether oxygens (including phenoxy) is 2. The van der Waals surface area contributed by atoms with Gasteiger partial charge in [-0.25, -0.2) is 4.79 Å². The molecule has 2 aromatic carbocycles. The van der Waals surface area contributed by atoms with E-state index < -0.39 is 23.7 Å². The van der Waals surface area contributed by atoms with Crippen LogP contribution in [0.25, 0.3) is 0 Å². The molecule has 3 rings (SSSR count). The highest BCUT2D eigenvalue weighted by atomic mass is 79.9. The van der Waals surface area contributed by atoms with Gasteiger partial charge in [-0.15, -0.1) is 0 Å². The molecule has 0 radical (unpaired) electrons. The van der Waals surface area contributed by atoms with Gasteiger partial charge in [0.2, 0.25) is 0 Å². The van der Waals surface area contributed by atoms with Crippen LogP contribution in [0.4, 0.5) is 4.79 Å². The smallest absolute Gasteiger partial charge is 0.410 e. The summed E-state index contributed by atoms with van der Waals surface area (Å²) in [5.74, 6) is -0.324. The van der Waals surface area contributed by atoms with Crippen molar-refractivity contribution in [2.24, 2.45) is 5.41 Å². The van der Waals surface area contributed by atoms with Crippen LogP contribution in [-0.2, 0) is 20.7 Å². The predicted octanol–water partition coefficient (Wildman–Crippen LogP) is 5.84. The Hall–Kier alpha value is -2.34. The van der Waals surface area contributed by atoms with Crippen LogP contribution in [0.2, 0.25) is 0 Å². The van der Waals surface area contributed by atoms with E-state index in [2.05, 4.69) is 22.0 Å². The van der Waals surface area contributed by atoms with Crippen LogP contribution in [0.15, 0.2) is 53.0 Å². The Balaban J connectivity index is 2.15. The third kappa shape index (κ3) is 4.69. The lowest BCUT2D eigenvalue weighted by molar-refractivity contribution is -0.163. The normalized spacial score (nSPS) is 17.1. The monoisotopic (exact) mass is 473 g/mol. The van der Waals surface area contributed by atoms with Crippen LogP contribution in [0.5, 0.6) is 0 Å². The molecule has 0 bridgehead atoms. The Kier molecular flexibility index (Phi) is 6.86. The van der Waals surface area contributed by atoms with Crippen molar-refractivity contribution >= 4 is 28.0 Å². The first kappa shape index (κ1) is 22.3. The number of carbonyl (C=O) groups excluding carboxylic acids is 2. The maximum absolute atomic E-state index is 12.9. The average Bonchev–Trinajstić information content (AvgIpc) is 2.71. The third-order valence-corrected chi connectivity index (χ3v) is 5.90. The molecule has 0 N–H and O–H groups in total. The standard InChI is InChI=1S/C24H28BrNO4/c1-5-29-23(28)26-15-14-16-10-6-7-11-17(16)20(26)21(30-22(27)24(2,3)4)18-12-8-9-13-19(18)25/h6-13,20-21H,5,14-15H2,1-4H3. The van der Waals surface area contributed by atoms with Gasteiger partial charge in [0, 0.05) is 16.6 Å². The molecule has 2 atom stereocenters. The number of carbonyl (C=O) groups is 2. The van der Waals surface area contributed by atoms with E-state index in [9.17, 15) is 9.59 Å². The molecule has 0 aromatic heterocycles. The van der Waals surface area contributed by atoms with E-state index >= 15 is 0 Å². The van der Waals surface area contributed by atoms with E-state index in [1.54, 1.807) is 11.8 Å². The molecule has 5 nitrogen and oxygen atoms in total. The number of nitrogens with zero attached hydrogens (tertiary/aromatic N) is 1. The van der Waals surface area contributed by atoms with Gasteiger partial charge in [-0.2, -0.15) is 0 Å². The summed E-state index contributed by atoms with van der Waals surface area (Å²) in [5.41, 5.74) is 2.25. The maximum Gasteiger partial charge on any atom is 0.410 e. The molecule has 0 aliphatic carbocycles. The lowest BCUT2D eigenvalue weighted by Gasteiger charge is -2.41. The second kappa shape index (κ2) is 9.21. The SMILES string of the molecule is CCOC(=O)N1CCc2ccccc2C1C(OC(=O)C(C)(C)C)c1ccccc1Br. The Bertz CT molecular complexity index is 921. The van der Waals surface area contributed by atoms with E-state index in [4.69, 9.17) is 9.47 Å². The number of halogens is 1. The van der Waals surface area contributed by atoms with E-state index in [0.29, 0.717) is 6.54 Å². The maximum atomic E-state index is 12.9. The second-order valence-corrected chi connectivity index (χ2v) is 9.24. The van der Waals surface area contributed by atoms with Crippen LogP contribution < -0.4 is 0 Å². The molecule has 2 unspecified atom stereocenters. The van der Waals surface area contributed by atoms with Gasteiger partial charge >= 0.3 is 12.1 Å². The van der Waals surface area contributed by atoms with E-state index in [1.807, 2.05) is 63.2 Å². The topological polar surface area (TPSA) is 55.8 Å². The zero-order chi connectivity index (χ0) is 21.9. The molecule has 1 heterocycles. The summed E-state index contributed by atoms with van der Waals surface area (Å²) in [6.45, 7) is 8.04. The Morgan fingerprint density at radius 2 is 1.80 bits per heavy atom. The lowest BCUT2D eigenvalue weighted by Crippen LogP contribution is -2.44. The van der Waals surface area contributed by atoms with Crippen molar-refractivity contribution < 1.29 is 19.1 Å². The highest BCUT2D eigenvalue weighted by molar-refractivity contribution is 9.10. The number of hydrogen-bond acceptors (Lipinski definition) is 4. The van der Waals surface area contributed by atoms with Crippen molar-refractivity contribution in [2.45, 2.75) is 46.3 Å². The molecule has 1 amide bonds. The van der Waals surface area contributed by atoms with E-state index in [-0.39, 0.29) is 12.6 Å². The van der Waals surface area contributed by atoms with Crippen molar-refractivity contribution in [3.8, 4) is 0 Å². The molecule has 0 saturated heterocycles. The first-order valence-electron chi connectivity index (χ1n) is 10.2. The fraction of sp³-hybridized carbons (Fsp3) is 0.417. The molecular weight excluding hydrogens is 446 g/mol. The number of benzene rings is 2. The lowest BCUT2D eigenvalue weighted by atomic mass is 9.86. The summed E-state index contributed by atoms with van der Waals surface area (Å²) in [5, 5.41) is 0. The predicted molar refractivity (Wildman–Crippen MR) is 119 cm³/mol. The Labute approximate surface area is 186 Å². The van der Waals surface area contributed by atoms with Crippen LogP contribution in [0.1, 0.15) is 56.5 Å². The number of esters is 1. The summed E-state index contributed by atoms with van der Waals surface area (Å²) < 4.78 is 12.3. The second-order valence-electron chi connectivity index (χ2n) is 8.38. The first-order chi connectivity index (χ1) is 14.2. The van der Waals surface area contributed by atoms with Gasteiger partial charge in [0.1, 0.15) is 6.04 Å². The first-order valence-corrected chi connectivity index (χ1v) is 11.0. The molecule has 0 fully saturated rings. The van der Waals surface area contributed by atoms with Gasteiger partial charge in [0.05, 0.1) is 12.0 Å². The van der Waals surface area contributed by atoms with Gasteiger partial charge in [-0.05, 0) is 51.3 Å². The minimum Gasteiger partial charge on any atom is -0.454 e. The number of fused-ring (bicyclic) bond motifs is 1. The molecular formula is C24H28BrNO4. The van der Waals surface area contributed by atoms with Crippen molar-refractivity contribution in [3.63, 3.8) is 0 Å². The highest BCUT2D eigenvalue weighted by Gasteiger charge is 2.41. The highest BCUT2D eigenvalue weighted by Crippen LogP contribution is 2.44. The summed E-state index contributed by atoms with van der Waals surface area (Å²) >= 11 is 3.61. The summed E-state index contributed by atoms with van der Waals surface area (Å²) in [4.78, 5) is 27.5. The van der Waals surface area contributed by atoms with Crippen molar-refractivity contribution in [3.05, 3.63) is 69.7 Å². The van der Waals surface area contributed by atoms with Crippen LogP contribution in [0.3, 0.4) is 0 Å². The molecule has 160 valence electrons. The fourth-order valence-electron chi connectivity index (χ4n) is 3.63. The average molecular weight is 474 g/mol. The number of rotatable bonds is 4. The summed E-state index contributed by atoms with van der Waals surface area (Å²) in [6, 6.07) is 15.2. The third-order valence-electron chi connectivity index (χ3n) is 5.18. The summed E-state index contributed by atoms with van der Waals surface area (Å²) in [6.07, 6.45) is -0.361. The van der Waals surface area contributed by atoms with Gasteiger partial charge in [0.25, 0.3) is 0 Å². The Morgan fingerprint density at radius 3 is 2.47 bits per heavy atom. The molecule has 0 saturated carbocycles. The number of hydrogen-bond donors (Lipinski definition) is 0. The largest absolute Gasteiger partial charge is 0.454 e. The van der Waals surface area contributed by atoms with Gasteiger partial charge in [-0.3, -0.25) is 9.69 Å². The van der Waals surface area contributed by atoms with E-state index in [0.717, 1.165) is 27.6 Å². The minimum absolute atomic E-state index is 0.283. The molecule has 30 heavy (non-hydrogen) atoms. The number of amides is 1. The van der Waals surface area contributed by atoms with Gasteiger partial charge in [0.15, 0.2) is 6.10 Å². The van der Waals surface area contributed by atoms with Crippen LogP contribution in [0, 0.1) is 5.41 Å². The Morgan fingerprint density at radius 1 is 1.13 bits per heavy atom. The quantitative estimate of drug-likeness (QED) is 0.523. The van der Waals surface area contributed by atoms with Gasteiger partial charge < -0.3 is 9.47 Å². The summed E-state index contributed by atoms with van der Waals surface area (Å²) in [7, 11) is 0. The fourth-order valence-corrected chi connectivity index (χ4v) is 4.14. The van der Waals surface area contributed by atoms with Gasteiger partial charge in [-0.1, -0.05) is 58.4 Å². The molecule has 1 aliphatic rings. The van der Waals surface area contributed by atoms with E-state index in [1.165, 1.54) is 0 Å². The molecule has 6 heteroatoms. The zero-order valence-electron chi connectivity index (χ0n) is 17.9. The van der Waals surface area contributed by atoms with Crippen molar-refractivity contribution in [1.82, 2.24) is 4.90 Å². The van der Waals surface area contributed by atoms with Crippen molar-refractivity contribution in [1.29, 1.82) is 0 Å². The molecule has 1 aliphatic heterocycles. The van der Waals surface area contributed by atoms with Crippen LogP contribution in [-0.4, -0.2) is 30.1 Å². The van der Waals surface area contributed by atoms with Crippen LogP contribution >= 0.6 is 15.9 Å². The van der Waals surface area contributed by atoms with Crippen molar-refractivity contribution in [2.75, 3.05) is 13.2 Å².